The second-order valence-electron chi connectivity index (χ2n) is 7.23. The fourth-order valence-corrected chi connectivity index (χ4v) is 3.84. The Morgan fingerprint density at radius 3 is 2.11 bits per heavy atom. The molecule has 2 fully saturated rings. The molecule has 3 atom stereocenters. The van der Waals surface area contributed by atoms with Crippen LogP contribution in [0.5, 0.6) is 0 Å². The summed E-state index contributed by atoms with van der Waals surface area (Å²) in [6, 6.07) is 9.29. The Kier molecular flexibility index (Phi) is 2.78. The standard InChI is InChI=1S/C17H25N/c1-17(2,3)12-9-7-11(8-10-12)16(18)15-13-5-4-6-14(13)15/h7-10,13-16H,4-6,18H2,1-3H3. The molecule has 1 aromatic carbocycles. The van der Waals surface area contributed by atoms with Gasteiger partial charge in [0.25, 0.3) is 0 Å². The van der Waals surface area contributed by atoms with Crippen LogP contribution in [0.25, 0.3) is 0 Å². The Morgan fingerprint density at radius 1 is 1.06 bits per heavy atom. The van der Waals surface area contributed by atoms with Crippen LogP contribution in [-0.2, 0) is 5.41 Å². The van der Waals surface area contributed by atoms with Crippen molar-refractivity contribution in [3.05, 3.63) is 35.4 Å². The number of hydrogen-bond donors (Lipinski definition) is 1. The van der Waals surface area contributed by atoms with Crippen LogP contribution in [0.1, 0.15) is 57.2 Å². The van der Waals surface area contributed by atoms with Gasteiger partial charge in [-0.15, -0.1) is 0 Å². The molecule has 98 valence electrons. The van der Waals surface area contributed by atoms with Crippen LogP contribution in [0, 0.1) is 17.8 Å². The van der Waals surface area contributed by atoms with Crippen molar-refractivity contribution < 1.29 is 0 Å². The highest BCUT2D eigenvalue weighted by molar-refractivity contribution is 5.30. The molecule has 0 amide bonds. The zero-order valence-electron chi connectivity index (χ0n) is 11.8. The molecule has 3 rings (SSSR count). The molecule has 1 nitrogen and oxygen atoms in total. The van der Waals surface area contributed by atoms with Gasteiger partial charge in [-0.05, 0) is 47.1 Å². The van der Waals surface area contributed by atoms with Crippen LogP contribution < -0.4 is 5.73 Å². The third-order valence-corrected chi connectivity index (χ3v) is 5.05. The first-order valence-corrected chi connectivity index (χ1v) is 7.34. The van der Waals surface area contributed by atoms with Crippen LogP contribution in [0.15, 0.2) is 24.3 Å². The highest BCUT2D eigenvalue weighted by atomic mass is 14.7. The van der Waals surface area contributed by atoms with Crippen molar-refractivity contribution in [2.24, 2.45) is 23.5 Å². The average molecular weight is 243 g/mol. The SMILES string of the molecule is CC(C)(C)c1ccc(C(N)C2C3CCCC32)cc1. The van der Waals surface area contributed by atoms with Crippen molar-refractivity contribution >= 4 is 0 Å². The molecule has 2 aliphatic carbocycles. The largest absolute Gasteiger partial charge is 0.324 e. The fourth-order valence-electron chi connectivity index (χ4n) is 3.84. The molecule has 0 saturated heterocycles. The summed E-state index contributed by atoms with van der Waals surface area (Å²) < 4.78 is 0. The van der Waals surface area contributed by atoms with Gasteiger partial charge in [-0.3, -0.25) is 0 Å². The highest BCUT2D eigenvalue weighted by Crippen LogP contribution is 2.61. The lowest BCUT2D eigenvalue weighted by atomic mass is 9.86. The van der Waals surface area contributed by atoms with Crippen molar-refractivity contribution in [1.82, 2.24) is 0 Å². The third kappa shape index (κ3) is 1.99. The Hall–Kier alpha value is -0.820. The molecule has 2 N–H and O–H groups in total. The maximum absolute atomic E-state index is 6.45. The van der Waals surface area contributed by atoms with Crippen LogP contribution in [0.4, 0.5) is 0 Å². The summed E-state index contributed by atoms with van der Waals surface area (Å²) in [5.41, 5.74) is 9.42. The van der Waals surface area contributed by atoms with E-state index in [0.717, 1.165) is 17.8 Å². The molecular formula is C17H25N. The molecule has 0 heterocycles. The van der Waals surface area contributed by atoms with E-state index in [-0.39, 0.29) is 11.5 Å². The molecule has 1 aromatic rings. The number of nitrogens with two attached hydrogens (primary N) is 1. The first-order valence-electron chi connectivity index (χ1n) is 7.34. The average Bonchev–Trinajstić information content (AvgIpc) is 2.80. The van der Waals surface area contributed by atoms with Gasteiger partial charge in [0.1, 0.15) is 0 Å². The molecule has 2 aliphatic rings. The maximum atomic E-state index is 6.45. The molecule has 2 saturated carbocycles. The van der Waals surface area contributed by atoms with E-state index in [9.17, 15) is 0 Å². The Labute approximate surface area is 111 Å². The van der Waals surface area contributed by atoms with Crippen molar-refractivity contribution in [3.63, 3.8) is 0 Å². The van der Waals surface area contributed by atoms with Gasteiger partial charge in [0.15, 0.2) is 0 Å². The van der Waals surface area contributed by atoms with E-state index in [4.69, 9.17) is 5.73 Å². The molecule has 1 heteroatoms. The second-order valence-corrected chi connectivity index (χ2v) is 7.23. The van der Waals surface area contributed by atoms with Gasteiger partial charge in [0, 0.05) is 6.04 Å². The van der Waals surface area contributed by atoms with Crippen molar-refractivity contribution in [2.75, 3.05) is 0 Å². The van der Waals surface area contributed by atoms with E-state index in [2.05, 4.69) is 45.0 Å². The van der Waals surface area contributed by atoms with Gasteiger partial charge in [0.2, 0.25) is 0 Å². The zero-order chi connectivity index (χ0) is 12.9. The first kappa shape index (κ1) is 12.2. The van der Waals surface area contributed by atoms with Crippen LogP contribution >= 0.6 is 0 Å². The van der Waals surface area contributed by atoms with Gasteiger partial charge >= 0.3 is 0 Å². The maximum Gasteiger partial charge on any atom is 0.0329 e. The Bertz CT molecular complexity index is 416. The summed E-state index contributed by atoms with van der Waals surface area (Å²) >= 11 is 0. The van der Waals surface area contributed by atoms with Gasteiger partial charge in [-0.25, -0.2) is 0 Å². The van der Waals surface area contributed by atoms with Crippen LogP contribution in [0.2, 0.25) is 0 Å². The minimum absolute atomic E-state index is 0.235. The molecule has 0 aliphatic heterocycles. The van der Waals surface area contributed by atoms with Crippen LogP contribution in [0.3, 0.4) is 0 Å². The number of benzene rings is 1. The predicted molar refractivity (Wildman–Crippen MR) is 76.4 cm³/mol. The molecular weight excluding hydrogens is 218 g/mol. The van der Waals surface area contributed by atoms with Gasteiger partial charge < -0.3 is 5.73 Å². The monoisotopic (exact) mass is 243 g/mol. The minimum atomic E-state index is 0.235. The van der Waals surface area contributed by atoms with Gasteiger partial charge in [-0.1, -0.05) is 51.5 Å². The number of fused-ring (bicyclic) bond motifs is 1. The summed E-state index contributed by atoms with van der Waals surface area (Å²) in [7, 11) is 0. The van der Waals surface area contributed by atoms with E-state index in [1.54, 1.807) is 0 Å². The normalized spacial score (nSPS) is 32.1. The smallest absolute Gasteiger partial charge is 0.0329 e. The van der Waals surface area contributed by atoms with E-state index in [1.165, 1.54) is 30.4 Å². The molecule has 0 aromatic heterocycles. The second kappa shape index (κ2) is 4.09. The fraction of sp³-hybridized carbons (Fsp3) is 0.647. The molecule has 0 bridgehead atoms. The lowest BCUT2D eigenvalue weighted by Gasteiger charge is -2.20. The predicted octanol–water partition coefficient (Wildman–Crippen LogP) is 4.03. The van der Waals surface area contributed by atoms with Crippen molar-refractivity contribution in [1.29, 1.82) is 0 Å². The lowest BCUT2D eigenvalue weighted by molar-refractivity contribution is 0.501. The molecule has 0 radical (unpaired) electrons. The van der Waals surface area contributed by atoms with E-state index in [1.807, 2.05) is 0 Å². The van der Waals surface area contributed by atoms with Gasteiger partial charge in [0.05, 0.1) is 0 Å². The highest BCUT2D eigenvalue weighted by Gasteiger charge is 2.55. The van der Waals surface area contributed by atoms with E-state index in [0.29, 0.717) is 0 Å². The molecule has 0 spiro atoms. The Morgan fingerprint density at radius 2 is 1.61 bits per heavy atom. The van der Waals surface area contributed by atoms with Crippen molar-refractivity contribution in [2.45, 2.75) is 51.5 Å². The Balaban J connectivity index is 1.73. The molecule has 18 heavy (non-hydrogen) atoms. The van der Waals surface area contributed by atoms with Gasteiger partial charge in [-0.2, -0.15) is 0 Å². The summed E-state index contributed by atoms with van der Waals surface area (Å²) in [6.45, 7) is 6.77. The topological polar surface area (TPSA) is 26.0 Å². The number of hydrogen-bond acceptors (Lipinski definition) is 1. The van der Waals surface area contributed by atoms with Crippen molar-refractivity contribution in [3.8, 4) is 0 Å². The summed E-state index contributed by atoms with van der Waals surface area (Å²) in [5, 5.41) is 0. The van der Waals surface area contributed by atoms with E-state index < -0.39 is 0 Å². The summed E-state index contributed by atoms with van der Waals surface area (Å²) in [6.07, 6.45) is 4.27. The number of rotatable bonds is 2. The lowest BCUT2D eigenvalue weighted by Crippen LogP contribution is -2.16. The first-order chi connectivity index (χ1) is 8.48. The summed E-state index contributed by atoms with van der Waals surface area (Å²) in [5.74, 6) is 2.67. The quantitative estimate of drug-likeness (QED) is 0.834. The van der Waals surface area contributed by atoms with Crippen LogP contribution in [-0.4, -0.2) is 0 Å². The third-order valence-electron chi connectivity index (χ3n) is 5.05. The zero-order valence-corrected chi connectivity index (χ0v) is 11.8. The minimum Gasteiger partial charge on any atom is -0.324 e. The molecule has 3 unspecified atom stereocenters. The summed E-state index contributed by atoms with van der Waals surface area (Å²) in [4.78, 5) is 0. The van der Waals surface area contributed by atoms with E-state index >= 15 is 0 Å².